The second-order valence-electron chi connectivity index (χ2n) is 5.65. The van der Waals surface area contributed by atoms with Crippen molar-refractivity contribution in [3.05, 3.63) is 63.3 Å². The van der Waals surface area contributed by atoms with E-state index < -0.39 is 0 Å². The van der Waals surface area contributed by atoms with E-state index in [2.05, 4.69) is 0 Å². The van der Waals surface area contributed by atoms with E-state index in [-0.39, 0.29) is 18.3 Å². The second-order valence-corrected chi connectivity index (χ2v) is 7.74. The van der Waals surface area contributed by atoms with Crippen molar-refractivity contribution >= 4 is 51.9 Å². The smallest absolute Gasteiger partial charge is 0.265 e. The summed E-state index contributed by atoms with van der Waals surface area (Å²) in [6.45, 7) is 0.0105. The Labute approximate surface area is 170 Å². The molecule has 0 atom stereocenters. The molecule has 0 bridgehead atoms. The summed E-state index contributed by atoms with van der Waals surface area (Å²) in [4.78, 5) is 14.1. The molecule has 1 fully saturated rings. The van der Waals surface area contributed by atoms with Crippen molar-refractivity contribution in [3.8, 4) is 11.5 Å². The number of methoxy groups -OCH3 is 1. The van der Waals surface area contributed by atoms with Crippen LogP contribution in [0.2, 0.25) is 5.02 Å². The molecule has 0 aromatic heterocycles. The number of likely N-dealkylation sites (N-methyl/N-ethyl adjacent to an activating group) is 1. The Morgan fingerprint density at radius 1 is 1.33 bits per heavy atom. The van der Waals surface area contributed by atoms with Crippen LogP contribution in [0.5, 0.6) is 11.5 Å². The zero-order valence-corrected chi connectivity index (χ0v) is 16.9. The first kappa shape index (κ1) is 19.7. The van der Waals surface area contributed by atoms with Gasteiger partial charge < -0.3 is 9.47 Å². The molecule has 1 saturated heterocycles. The van der Waals surface area contributed by atoms with Crippen LogP contribution < -0.4 is 9.47 Å². The van der Waals surface area contributed by atoms with Crippen LogP contribution in [0.4, 0.5) is 4.39 Å². The quantitative estimate of drug-likeness (QED) is 0.505. The summed E-state index contributed by atoms with van der Waals surface area (Å²) in [5, 5.41) is 0.295. The lowest BCUT2D eigenvalue weighted by Crippen LogP contribution is -2.22. The minimum absolute atomic E-state index is 0.0105. The Balaban J connectivity index is 1.87. The molecule has 0 saturated carbocycles. The highest BCUT2D eigenvalue weighted by atomic mass is 35.5. The van der Waals surface area contributed by atoms with Gasteiger partial charge in [-0.3, -0.25) is 9.69 Å². The van der Waals surface area contributed by atoms with Crippen LogP contribution in [0, 0.1) is 5.82 Å². The van der Waals surface area contributed by atoms with Crippen LogP contribution in [-0.2, 0) is 11.4 Å². The number of ether oxygens (including phenoxy) is 2. The fourth-order valence-electron chi connectivity index (χ4n) is 2.43. The third kappa shape index (κ3) is 4.26. The van der Waals surface area contributed by atoms with Gasteiger partial charge in [0, 0.05) is 12.6 Å². The Kier molecular flexibility index (Phi) is 6.04. The lowest BCUT2D eigenvalue weighted by Gasteiger charge is -2.14. The summed E-state index contributed by atoms with van der Waals surface area (Å²) in [6.07, 6.45) is 1.69. The molecule has 1 aliphatic heterocycles. The SMILES string of the molecule is COc1cc(/C=C2\SC(=S)N(C)C2=O)cc(Cl)c1OCc1ccccc1F. The van der Waals surface area contributed by atoms with Crippen LogP contribution in [0.25, 0.3) is 6.08 Å². The summed E-state index contributed by atoms with van der Waals surface area (Å²) in [5.74, 6) is 0.172. The number of rotatable bonds is 5. The Morgan fingerprint density at radius 3 is 2.70 bits per heavy atom. The highest BCUT2D eigenvalue weighted by Gasteiger charge is 2.28. The number of thiocarbonyl (C=S) groups is 1. The minimum atomic E-state index is -0.356. The monoisotopic (exact) mass is 423 g/mol. The molecule has 0 aliphatic carbocycles. The Morgan fingerprint density at radius 2 is 2.07 bits per heavy atom. The summed E-state index contributed by atoms with van der Waals surface area (Å²) in [7, 11) is 3.11. The van der Waals surface area contributed by atoms with Crippen LogP contribution in [0.15, 0.2) is 41.3 Å². The molecule has 0 radical (unpaired) electrons. The average molecular weight is 424 g/mol. The first-order valence-corrected chi connectivity index (χ1v) is 9.46. The van der Waals surface area contributed by atoms with Gasteiger partial charge in [-0.05, 0) is 29.8 Å². The van der Waals surface area contributed by atoms with Gasteiger partial charge in [-0.25, -0.2) is 4.39 Å². The molecule has 4 nitrogen and oxygen atoms in total. The van der Waals surface area contributed by atoms with Gasteiger partial charge in [-0.1, -0.05) is 53.8 Å². The highest BCUT2D eigenvalue weighted by molar-refractivity contribution is 8.26. The largest absolute Gasteiger partial charge is 0.493 e. The average Bonchev–Trinajstić information content (AvgIpc) is 2.88. The molecule has 140 valence electrons. The molecule has 8 heteroatoms. The Bertz CT molecular complexity index is 949. The van der Waals surface area contributed by atoms with Crippen molar-refractivity contribution in [1.29, 1.82) is 0 Å². The van der Waals surface area contributed by atoms with Crippen molar-refractivity contribution in [2.75, 3.05) is 14.2 Å². The molecular formula is C19H15ClFNO3S2. The van der Waals surface area contributed by atoms with E-state index in [1.807, 2.05) is 0 Å². The van der Waals surface area contributed by atoms with E-state index in [4.69, 9.17) is 33.3 Å². The van der Waals surface area contributed by atoms with E-state index in [0.717, 1.165) is 0 Å². The zero-order chi connectivity index (χ0) is 19.6. The number of carbonyl (C=O) groups is 1. The van der Waals surface area contributed by atoms with Crippen molar-refractivity contribution in [3.63, 3.8) is 0 Å². The van der Waals surface area contributed by atoms with Crippen molar-refractivity contribution < 1.29 is 18.7 Å². The molecule has 1 heterocycles. The van der Waals surface area contributed by atoms with Crippen LogP contribution >= 0.6 is 35.6 Å². The molecule has 3 rings (SSSR count). The van der Waals surface area contributed by atoms with E-state index in [1.54, 1.807) is 43.5 Å². The normalized spacial score (nSPS) is 15.6. The van der Waals surface area contributed by atoms with E-state index >= 15 is 0 Å². The third-order valence-electron chi connectivity index (χ3n) is 3.87. The number of hydrogen-bond acceptors (Lipinski definition) is 5. The maximum atomic E-state index is 13.8. The molecule has 1 aliphatic rings. The van der Waals surface area contributed by atoms with Crippen molar-refractivity contribution in [2.45, 2.75) is 6.61 Å². The molecule has 2 aromatic carbocycles. The molecule has 0 spiro atoms. The van der Waals surface area contributed by atoms with Crippen LogP contribution in [0.1, 0.15) is 11.1 Å². The molecule has 0 N–H and O–H groups in total. The van der Waals surface area contributed by atoms with Gasteiger partial charge in [0.2, 0.25) is 0 Å². The van der Waals surface area contributed by atoms with Crippen LogP contribution in [-0.4, -0.2) is 29.3 Å². The van der Waals surface area contributed by atoms with Gasteiger partial charge in [0.15, 0.2) is 11.5 Å². The first-order valence-electron chi connectivity index (χ1n) is 7.86. The van der Waals surface area contributed by atoms with Gasteiger partial charge in [0.25, 0.3) is 5.91 Å². The summed E-state index contributed by atoms with van der Waals surface area (Å²) >= 11 is 12.7. The van der Waals surface area contributed by atoms with E-state index in [1.165, 1.54) is 29.8 Å². The van der Waals surface area contributed by atoms with Crippen LogP contribution in [0.3, 0.4) is 0 Å². The fraction of sp³-hybridized carbons (Fsp3) is 0.158. The number of hydrogen-bond donors (Lipinski definition) is 0. The molecule has 27 heavy (non-hydrogen) atoms. The first-order chi connectivity index (χ1) is 12.9. The maximum Gasteiger partial charge on any atom is 0.265 e. The van der Waals surface area contributed by atoms with Gasteiger partial charge >= 0.3 is 0 Å². The number of amides is 1. The van der Waals surface area contributed by atoms with Gasteiger partial charge in [-0.15, -0.1) is 0 Å². The number of carbonyl (C=O) groups excluding carboxylic acids is 1. The topological polar surface area (TPSA) is 38.8 Å². The highest BCUT2D eigenvalue weighted by Crippen LogP contribution is 2.39. The van der Waals surface area contributed by atoms with Gasteiger partial charge in [0.05, 0.1) is 17.0 Å². The van der Waals surface area contributed by atoms with Gasteiger partial charge in [-0.2, -0.15) is 0 Å². The lowest BCUT2D eigenvalue weighted by molar-refractivity contribution is -0.121. The zero-order valence-electron chi connectivity index (χ0n) is 14.5. The number of thioether (sulfide) groups is 1. The van der Waals surface area contributed by atoms with E-state index in [0.29, 0.717) is 36.9 Å². The molecule has 0 unspecified atom stereocenters. The maximum absolute atomic E-state index is 13.8. The van der Waals surface area contributed by atoms with Crippen molar-refractivity contribution in [1.82, 2.24) is 4.90 Å². The molecule has 1 amide bonds. The van der Waals surface area contributed by atoms with Gasteiger partial charge in [0.1, 0.15) is 16.7 Å². The van der Waals surface area contributed by atoms with Crippen molar-refractivity contribution in [2.24, 2.45) is 0 Å². The molecular weight excluding hydrogens is 409 g/mol. The fourth-order valence-corrected chi connectivity index (χ4v) is 3.88. The summed E-state index contributed by atoms with van der Waals surface area (Å²) < 4.78 is 25.3. The predicted molar refractivity (Wildman–Crippen MR) is 110 cm³/mol. The standard InChI is InChI=1S/C19H15ClFNO3S2/c1-22-18(23)16(27-19(22)26)9-11-7-13(20)17(15(8-11)24-2)25-10-12-5-3-4-6-14(12)21/h3-9H,10H2,1-2H3/b16-9-. The lowest BCUT2D eigenvalue weighted by atomic mass is 10.1. The Hall–Kier alpha value is -2.09. The predicted octanol–water partition coefficient (Wildman–Crippen LogP) is 4.90. The number of halogens is 2. The second kappa shape index (κ2) is 8.29. The number of nitrogens with zero attached hydrogens (tertiary/aromatic N) is 1. The number of benzene rings is 2. The summed E-state index contributed by atoms with van der Waals surface area (Å²) in [5.41, 5.74) is 1.08. The third-order valence-corrected chi connectivity index (χ3v) is 5.63. The van der Waals surface area contributed by atoms with E-state index in [9.17, 15) is 9.18 Å². The summed E-state index contributed by atoms with van der Waals surface area (Å²) in [6, 6.07) is 9.70. The molecule has 2 aromatic rings. The minimum Gasteiger partial charge on any atom is -0.493 e.